The van der Waals surface area contributed by atoms with E-state index >= 15 is 0 Å². The summed E-state index contributed by atoms with van der Waals surface area (Å²) in [6.45, 7) is 3.63. The Morgan fingerprint density at radius 3 is 2.41 bits per heavy atom. The Hall–Kier alpha value is -2.04. The monoisotopic (exact) mass is 236 g/mol. The van der Waals surface area contributed by atoms with Crippen molar-refractivity contribution in [3.63, 3.8) is 0 Å². The SMILES string of the molecule is CCC(C)C(=O)NC(=O)Nc1ccc(O)cc1. The average Bonchev–Trinajstić information content (AvgIpc) is 2.30. The fraction of sp³-hybridized carbons (Fsp3) is 0.333. The maximum absolute atomic E-state index is 11.4. The van der Waals surface area contributed by atoms with Crippen LogP contribution in [0.1, 0.15) is 20.3 Å². The number of phenols is 1. The summed E-state index contributed by atoms with van der Waals surface area (Å²) in [6.07, 6.45) is 0.679. The average molecular weight is 236 g/mol. The molecule has 1 atom stereocenters. The van der Waals surface area contributed by atoms with Crippen molar-refractivity contribution in [2.24, 2.45) is 5.92 Å². The summed E-state index contributed by atoms with van der Waals surface area (Å²) in [4.78, 5) is 22.8. The number of carbonyl (C=O) groups is 2. The molecule has 0 saturated heterocycles. The molecule has 0 aliphatic carbocycles. The van der Waals surface area contributed by atoms with Gasteiger partial charge in [0.15, 0.2) is 0 Å². The van der Waals surface area contributed by atoms with Gasteiger partial charge < -0.3 is 10.4 Å². The second-order valence-corrected chi connectivity index (χ2v) is 3.80. The number of amides is 3. The van der Waals surface area contributed by atoms with Crippen LogP contribution in [0.3, 0.4) is 0 Å². The summed E-state index contributed by atoms with van der Waals surface area (Å²) in [7, 11) is 0. The number of anilines is 1. The van der Waals surface area contributed by atoms with Gasteiger partial charge in [-0.2, -0.15) is 0 Å². The minimum atomic E-state index is -0.569. The van der Waals surface area contributed by atoms with Gasteiger partial charge in [0.05, 0.1) is 0 Å². The van der Waals surface area contributed by atoms with E-state index < -0.39 is 6.03 Å². The van der Waals surface area contributed by atoms with Gasteiger partial charge in [-0.15, -0.1) is 0 Å². The molecular weight excluding hydrogens is 220 g/mol. The molecule has 1 unspecified atom stereocenters. The highest BCUT2D eigenvalue weighted by atomic mass is 16.3. The lowest BCUT2D eigenvalue weighted by Gasteiger charge is -2.10. The standard InChI is InChI=1S/C12H16N2O3/c1-3-8(2)11(16)14-12(17)13-9-4-6-10(15)7-5-9/h4-8,15H,3H2,1-2H3,(H2,13,14,16,17). The molecule has 0 fully saturated rings. The van der Waals surface area contributed by atoms with E-state index in [-0.39, 0.29) is 17.6 Å². The maximum Gasteiger partial charge on any atom is 0.325 e. The van der Waals surface area contributed by atoms with Gasteiger partial charge in [-0.05, 0) is 30.7 Å². The van der Waals surface area contributed by atoms with Crippen molar-refractivity contribution < 1.29 is 14.7 Å². The first kappa shape index (κ1) is 13.0. The molecule has 17 heavy (non-hydrogen) atoms. The zero-order chi connectivity index (χ0) is 12.8. The van der Waals surface area contributed by atoms with Gasteiger partial charge in [0.2, 0.25) is 5.91 Å². The van der Waals surface area contributed by atoms with Crippen molar-refractivity contribution in [1.82, 2.24) is 5.32 Å². The van der Waals surface area contributed by atoms with Crippen LogP contribution in [0.15, 0.2) is 24.3 Å². The Bertz CT molecular complexity index is 401. The molecule has 0 heterocycles. The number of phenolic OH excluding ortho intramolecular Hbond substituents is 1. The molecule has 0 aliphatic heterocycles. The van der Waals surface area contributed by atoms with E-state index in [1.807, 2.05) is 6.92 Å². The van der Waals surface area contributed by atoms with Crippen LogP contribution in [-0.4, -0.2) is 17.0 Å². The number of aromatic hydroxyl groups is 1. The molecule has 1 rings (SSSR count). The van der Waals surface area contributed by atoms with Crippen LogP contribution in [0.4, 0.5) is 10.5 Å². The van der Waals surface area contributed by atoms with Crippen molar-refractivity contribution in [3.05, 3.63) is 24.3 Å². The van der Waals surface area contributed by atoms with Crippen LogP contribution in [0, 0.1) is 5.92 Å². The van der Waals surface area contributed by atoms with Crippen molar-refractivity contribution in [3.8, 4) is 5.75 Å². The molecule has 0 saturated carbocycles. The van der Waals surface area contributed by atoms with E-state index in [4.69, 9.17) is 5.11 Å². The number of imide groups is 1. The molecule has 0 bridgehead atoms. The van der Waals surface area contributed by atoms with Crippen molar-refractivity contribution >= 4 is 17.6 Å². The first-order valence-corrected chi connectivity index (χ1v) is 5.43. The van der Waals surface area contributed by atoms with Crippen molar-refractivity contribution in [1.29, 1.82) is 0 Å². The van der Waals surface area contributed by atoms with E-state index in [0.717, 1.165) is 0 Å². The fourth-order valence-corrected chi connectivity index (χ4v) is 1.13. The van der Waals surface area contributed by atoms with E-state index in [0.29, 0.717) is 12.1 Å². The summed E-state index contributed by atoms with van der Waals surface area (Å²) >= 11 is 0. The van der Waals surface area contributed by atoms with Crippen LogP contribution in [-0.2, 0) is 4.79 Å². The smallest absolute Gasteiger partial charge is 0.325 e. The van der Waals surface area contributed by atoms with E-state index in [2.05, 4.69) is 10.6 Å². The normalized spacial score (nSPS) is 11.6. The van der Waals surface area contributed by atoms with Gasteiger partial charge in [-0.25, -0.2) is 4.79 Å². The Balaban J connectivity index is 2.50. The third kappa shape index (κ3) is 4.14. The number of hydrogen-bond acceptors (Lipinski definition) is 3. The highest BCUT2D eigenvalue weighted by Crippen LogP contribution is 2.13. The summed E-state index contributed by atoms with van der Waals surface area (Å²) in [5.74, 6) is -0.379. The zero-order valence-electron chi connectivity index (χ0n) is 9.86. The lowest BCUT2D eigenvalue weighted by Crippen LogP contribution is -2.37. The Kier molecular flexibility index (Phi) is 4.51. The third-order valence-electron chi connectivity index (χ3n) is 2.42. The molecule has 0 radical (unpaired) electrons. The molecule has 5 nitrogen and oxygen atoms in total. The molecule has 0 spiro atoms. The predicted molar refractivity (Wildman–Crippen MR) is 64.7 cm³/mol. The molecule has 5 heteroatoms. The van der Waals surface area contributed by atoms with Gasteiger partial charge in [-0.1, -0.05) is 13.8 Å². The molecule has 3 amide bonds. The molecule has 0 aromatic heterocycles. The number of urea groups is 1. The Morgan fingerprint density at radius 2 is 1.88 bits per heavy atom. The second kappa shape index (κ2) is 5.89. The number of nitrogens with one attached hydrogen (secondary N) is 2. The van der Waals surface area contributed by atoms with Crippen LogP contribution in [0.2, 0.25) is 0 Å². The summed E-state index contributed by atoms with van der Waals surface area (Å²) in [6, 6.07) is 5.42. The van der Waals surface area contributed by atoms with Crippen LogP contribution < -0.4 is 10.6 Å². The third-order valence-corrected chi connectivity index (χ3v) is 2.42. The topological polar surface area (TPSA) is 78.4 Å². The van der Waals surface area contributed by atoms with Crippen LogP contribution in [0.5, 0.6) is 5.75 Å². The second-order valence-electron chi connectivity index (χ2n) is 3.80. The molecule has 92 valence electrons. The van der Waals surface area contributed by atoms with Gasteiger partial charge in [0.25, 0.3) is 0 Å². The fourth-order valence-electron chi connectivity index (χ4n) is 1.13. The predicted octanol–water partition coefficient (Wildman–Crippen LogP) is 2.09. The number of rotatable bonds is 3. The first-order chi connectivity index (χ1) is 8.02. The van der Waals surface area contributed by atoms with Crippen LogP contribution in [0.25, 0.3) is 0 Å². The zero-order valence-corrected chi connectivity index (χ0v) is 9.86. The van der Waals surface area contributed by atoms with Gasteiger partial charge in [0, 0.05) is 11.6 Å². The largest absolute Gasteiger partial charge is 0.508 e. The molecule has 3 N–H and O–H groups in total. The molecule has 0 aliphatic rings. The number of hydrogen-bond donors (Lipinski definition) is 3. The van der Waals surface area contributed by atoms with E-state index in [1.165, 1.54) is 12.1 Å². The minimum absolute atomic E-state index is 0.117. The lowest BCUT2D eigenvalue weighted by molar-refractivity contribution is -0.123. The Morgan fingerprint density at radius 1 is 1.29 bits per heavy atom. The molecule has 1 aromatic carbocycles. The molecular formula is C12H16N2O3. The van der Waals surface area contributed by atoms with E-state index in [9.17, 15) is 9.59 Å². The highest BCUT2D eigenvalue weighted by molar-refractivity contribution is 6.01. The summed E-state index contributed by atoms with van der Waals surface area (Å²) in [5, 5.41) is 13.8. The summed E-state index contributed by atoms with van der Waals surface area (Å²) in [5.41, 5.74) is 0.511. The minimum Gasteiger partial charge on any atom is -0.508 e. The van der Waals surface area contributed by atoms with E-state index in [1.54, 1.807) is 19.1 Å². The van der Waals surface area contributed by atoms with Crippen LogP contribution >= 0.6 is 0 Å². The lowest BCUT2D eigenvalue weighted by atomic mass is 10.1. The van der Waals surface area contributed by atoms with Gasteiger partial charge in [-0.3, -0.25) is 10.1 Å². The highest BCUT2D eigenvalue weighted by Gasteiger charge is 2.13. The van der Waals surface area contributed by atoms with Gasteiger partial charge in [0.1, 0.15) is 5.75 Å². The quantitative estimate of drug-likeness (QED) is 0.703. The number of carbonyl (C=O) groups excluding carboxylic acids is 2. The Labute approximate surface area is 99.8 Å². The van der Waals surface area contributed by atoms with Crippen molar-refractivity contribution in [2.75, 3.05) is 5.32 Å². The first-order valence-electron chi connectivity index (χ1n) is 5.43. The summed E-state index contributed by atoms with van der Waals surface area (Å²) < 4.78 is 0. The van der Waals surface area contributed by atoms with Crippen molar-refractivity contribution in [2.45, 2.75) is 20.3 Å². The van der Waals surface area contributed by atoms with Gasteiger partial charge >= 0.3 is 6.03 Å². The maximum atomic E-state index is 11.4. The molecule has 1 aromatic rings. The number of benzene rings is 1.